The molecule has 0 unspecified atom stereocenters. The van der Waals surface area contributed by atoms with Crippen molar-refractivity contribution in [3.05, 3.63) is 83.4 Å². The molecule has 9 nitrogen and oxygen atoms in total. The Morgan fingerprint density at radius 3 is 2.46 bits per heavy atom. The summed E-state index contributed by atoms with van der Waals surface area (Å²) in [6, 6.07) is 20.2. The third-order valence-electron chi connectivity index (χ3n) is 4.38. The van der Waals surface area contributed by atoms with E-state index in [0.717, 1.165) is 0 Å². The number of para-hydroxylation sites is 2. The van der Waals surface area contributed by atoms with E-state index < -0.39 is 11.8 Å². The van der Waals surface area contributed by atoms with Crippen LogP contribution in [-0.2, 0) is 14.4 Å². The molecule has 3 amide bonds. The van der Waals surface area contributed by atoms with Gasteiger partial charge in [-0.25, -0.2) is 5.43 Å². The van der Waals surface area contributed by atoms with Crippen molar-refractivity contribution in [1.29, 1.82) is 0 Å². The summed E-state index contributed by atoms with van der Waals surface area (Å²) in [5.41, 5.74) is 3.73. The van der Waals surface area contributed by atoms with Gasteiger partial charge in [0.2, 0.25) is 0 Å². The van der Waals surface area contributed by atoms with Crippen molar-refractivity contribution in [3.8, 4) is 11.5 Å². The first-order valence-electron chi connectivity index (χ1n) is 10.6. The maximum absolute atomic E-state index is 12.1. The minimum atomic E-state index is -0.946. The predicted molar refractivity (Wildman–Crippen MR) is 134 cm³/mol. The van der Waals surface area contributed by atoms with Crippen molar-refractivity contribution >= 4 is 46.9 Å². The largest absolute Gasteiger partial charge is 0.492 e. The van der Waals surface area contributed by atoms with E-state index in [1.807, 2.05) is 6.92 Å². The van der Waals surface area contributed by atoms with E-state index in [2.05, 4.69) is 21.2 Å². The molecule has 0 bridgehead atoms. The Balaban J connectivity index is 1.48. The van der Waals surface area contributed by atoms with Crippen molar-refractivity contribution < 1.29 is 23.9 Å². The summed E-state index contributed by atoms with van der Waals surface area (Å²) >= 11 is 5.83. The standard InChI is InChI=1S/C25H23ClN4O5/c1-2-34-22-9-4-3-8-21(22)29-24(32)25(33)30-27-15-17-6-5-7-20(14-17)35-16-23(31)28-19-12-10-18(26)11-13-19/h3-15H,2,16H2,1H3,(H,28,31)(H,29,32)(H,30,33)/b27-15-. The van der Waals surface area contributed by atoms with Crippen molar-refractivity contribution in [2.24, 2.45) is 5.10 Å². The van der Waals surface area contributed by atoms with Gasteiger partial charge in [-0.15, -0.1) is 0 Å². The summed E-state index contributed by atoms with van der Waals surface area (Å²) in [6.45, 7) is 2.03. The highest BCUT2D eigenvalue weighted by Crippen LogP contribution is 2.23. The molecule has 0 aliphatic heterocycles. The average molecular weight is 495 g/mol. The first-order chi connectivity index (χ1) is 16.9. The van der Waals surface area contributed by atoms with E-state index in [9.17, 15) is 14.4 Å². The predicted octanol–water partition coefficient (Wildman–Crippen LogP) is 3.85. The Hall–Kier alpha value is -4.37. The molecule has 10 heteroatoms. The molecular weight excluding hydrogens is 472 g/mol. The molecule has 0 aliphatic carbocycles. The number of rotatable bonds is 9. The first-order valence-corrected chi connectivity index (χ1v) is 11.0. The highest BCUT2D eigenvalue weighted by atomic mass is 35.5. The number of amides is 3. The molecule has 0 saturated carbocycles. The fourth-order valence-corrected chi connectivity index (χ4v) is 2.94. The SMILES string of the molecule is CCOc1ccccc1NC(=O)C(=O)N/N=C\c1cccc(OCC(=O)Nc2ccc(Cl)cc2)c1. The lowest BCUT2D eigenvalue weighted by Gasteiger charge is -2.10. The molecule has 3 aromatic carbocycles. The zero-order valence-electron chi connectivity index (χ0n) is 18.8. The molecule has 0 saturated heterocycles. The second kappa shape index (κ2) is 12.8. The molecule has 0 atom stereocenters. The van der Waals surface area contributed by atoms with Crippen LogP contribution in [-0.4, -0.2) is 37.1 Å². The van der Waals surface area contributed by atoms with E-state index in [-0.39, 0.29) is 12.5 Å². The van der Waals surface area contributed by atoms with Crippen LogP contribution in [0.3, 0.4) is 0 Å². The van der Waals surface area contributed by atoms with Crippen LogP contribution in [0.2, 0.25) is 5.02 Å². The van der Waals surface area contributed by atoms with Gasteiger partial charge in [0.05, 0.1) is 18.5 Å². The zero-order valence-corrected chi connectivity index (χ0v) is 19.5. The number of nitrogens with zero attached hydrogens (tertiary/aromatic N) is 1. The van der Waals surface area contributed by atoms with Gasteiger partial charge in [-0.1, -0.05) is 35.9 Å². The maximum Gasteiger partial charge on any atom is 0.329 e. The van der Waals surface area contributed by atoms with E-state index in [1.165, 1.54) is 6.21 Å². The number of ether oxygens (including phenoxy) is 2. The van der Waals surface area contributed by atoms with E-state index in [0.29, 0.717) is 40.1 Å². The van der Waals surface area contributed by atoms with Crippen molar-refractivity contribution in [3.63, 3.8) is 0 Å². The Labute approximate surface area is 207 Å². The summed E-state index contributed by atoms with van der Waals surface area (Å²) in [7, 11) is 0. The molecule has 0 spiro atoms. The van der Waals surface area contributed by atoms with Gasteiger partial charge >= 0.3 is 11.8 Å². The van der Waals surface area contributed by atoms with Gasteiger partial charge in [0.1, 0.15) is 11.5 Å². The lowest BCUT2D eigenvalue weighted by Crippen LogP contribution is -2.32. The smallest absolute Gasteiger partial charge is 0.329 e. The summed E-state index contributed by atoms with van der Waals surface area (Å²) in [5, 5.41) is 9.55. The summed E-state index contributed by atoms with van der Waals surface area (Å²) in [6.07, 6.45) is 1.35. The highest BCUT2D eigenvalue weighted by molar-refractivity contribution is 6.39. The van der Waals surface area contributed by atoms with Crippen LogP contribution in [0.5, 0.6) is 11.5 Å². The number of anilines is 2. The monoisotopic (exact) mass is 494 g/mol. The Bertz CT molecular complexity index is 1210. The molecule has 0 aliphatic rings. The third kappa shape index (κ3) is 8.17. The van der Waals surface area contributed by atoms with Crippen LogP contribution < -0.4 is 25.5 Å². The lowest BCUT2D eigenvalue weighted by atomic mass is 10.2. The lowest BCUT2D eigenvalue weighted by molar-refractivity contribution is -0.136. The van der Waals surface area contributed by atoms with Crippen LogP contribution in [0, 0.1) is 0 Å². The molecule has 0 fully saturated rings. The van der Waals surface area contributed by atoms with Gasteiger partial charge in [0.25, 0.3) is 5.91 Å². The molecule has 35 heavy (non-hydrogen) atoms. The van der Waals surface area contributed by atoms with Gasteiger partial charge in [-0.2, -0.15) is 5.10 Å². The molecule has 3 N–H and O–H groups in total. The fraction of sp³-hybridized carbons (Fsp3) is 0.120. The third-order valence-corrected chi connectivity index (χ3v) is 4.63. The van der Waals surface area contributed by atoms with Crippen molar-refractivity contribution in [2.45, 2.75) is 6.92 Å². The molecular formula is C25H23ClN4O5. The van der Waals surface area contributed by atoms with Crippen molar-refractivity contribution in [2.75, 3.05) is 23.8 Å². The van der Waals surface area contributed by atoms with Gasteiger partial charge in [0.15, 0.2) is 6.61 Å². The molecule has 180 valence electrons. The number of hydrogen-bond donors (Lipinski definition) is 3. The molecule has 3 aromatic rings. The Morgan fingerprint density at radius 1 is 0.914 bits per heavy atom. The number of carbonyl (C=O) groups excluding carboxylic acids is 3. The number of benzene rings is 3. The summed E-state index contributed by atoms with van der Waals surface area (Å²) < 4.78 is 10.9. The van der Waals surface area contributed by atoms with Crippen LogP contribution in [0.25, 0.3) is 0 Å². The molecule has 0 radical (unpaired) electrons. The summed E-state index contributed by atoms with van der Waals surface area (Å²) in [5.74, 6) is -1.29. The first kappa shape index (κ1) is 25.3. The minimum absolute atomic E-state index is 0.205. The Morgan fingerprint density at radius 2 is 1.69 bits per heavy atom. The van der Waals surface area contributed by atoms with Gasteiger partial charge in [0, 0.05) is 10.7 Å². The average Bonchev–Trinajstić information content (AvgIpc) is 2.86. The van der Waals surface area contributed by atoms with E-state index in [4.69, 9.17) is 21.1 Å². The van der Waals surface area contributed by atoms with Crippen LogP contribution >= 0.6 is 11.6 Å². The van der Waals surface area contributed by atoms with Crippen LogP contribution in [0.15, 0.2) is 77.9 Å². The topological polar surface area (TPSA) is 118 Å². The van der Waals surface area contributed by atoms with Crippen LogP contribution in [0.4, 0.5) is 11.4 Å². The fourth-order valence-electron chi connectivity index (χ4n) is 2.81. The quantitative estimate of drug-likeness (QED) is 0.237. The highest BCUT2D eigenvalue weighted by Gasteiger charge is 2.15. The second-order valence-electron chi connectivity index (χ2n) is 7.00. The van der Waals surface area contributed by atoms with Crippen LogP contribution in [0.1, 0.15) is 12.5 Å². The maximum atomic E-state index is 12.1. The number of hydrogen-bond acceptors (Lipinski definition) is 6. The Kier molecular flexibility index (Phi) is 9.21. The van der Waals surface area contributed by atoms with Crippen molar-refractivity contribution in [1.82, 2.24) is 5.43 Å². The van der Waals surface area contributed by atoms with E-state index in [1.54, 1.807) is 72.8 Å². The number of nitrogens with one attached hydrogen (secondary N) is 3. The molecule has 0 aromatic heterocycles. The minimum Gasteiger partial charge on any atom is -0.492 e. The van der Waals surface area contributed by atoms with E-state index >= 15 is 0 Å². The number of halogens is 1. The number of carbonyl (C=O) groups is 3. The molecule has 3 rings (SSSR count). The number of hydrazone groups is 1. The zero-order chi connectivity index (χ0) is 25.0. The van der Waals surface area contributed by atoms with Gasteiger partial charge < -0.3 is 20.1 Å². The normalized spacial score (nSPS) is 10.5. The van der Waals surface area contributed by atoms with Gasteiger partial charge in [-0.05, 0) is 61.0 Å². The second-order valence-corrected chi connectivity index (χ2v) is 7.44. The summed E-state index contributed by atoms with van der Waals surface area (Å²) in [4.78, 5) is 36.3. The molecule has 0 heterocycles. The van der Waals surface area contributed by atoms with Gasteiger partial charge in [-0.3, -0.25) is 14.4 Å².